The van der Waals surface area contributed by atoms with E-state index < -0.39 is 22.8 Å². The second-order valence-electron chi connectivity index (χ2n) is 7.77. The van der Waals surface area contributed by atoms with Crippen molar-refractivity contribution in [3.63, 3.8) is 0 Å². The zero-order valence-corrected chi connectivity index (χ0v) is 18.2. The molecule has 8 nitrogen and oxygen atoms in total. The molecule has 0 atom stereocenters. The normalized spacial score (nSPS) is 11.7. The van der Waals surface area contributed by atoms with E-state index in [1.165, 1.54) is 0 Å². The third-order valence-electron chi connectivity index (χ3n) is 5.43. The SMILES string of the molecule is Cc1nnc(/C=C/c2ccc(CO)c(-c3c4cc(F)c(=O)cc-4oc4cc(O)c(F)cc34)c2)nn1. The van der Waals surface area contributed by atoms with Crippen LogP contribution in [0.25, 0.3) is 45.6 Å². The van der Waals surface area contributed by atoms with Crippen molar-refractivity contribution in [2.24, 2.45) is 0 Å². The molecule has 174 valence electrons. The first-order chi connectivity index (χ1) is 16.8. The van der Waals surface area contributed by atoms with Gasteiger partial charge in [-0.25, -0.2) is 8.78 Å². The van der Waals surface area contributed by atoms with Crippen LogP contribution in [0.2, 0.25) is 0 Å². The number of aromatic hydroxyl groups is 1. The molecule has 1 aliphatic carbocycles. The molecule has 2 aromatic carbocycles. The number of fused-ring (bicyclic) bond motifs is 2. The Bertz CT molecular complexity index is 1650. The lowest BCUT2D eigenvalue weighted by Gasteiger charge is -2.18. The highest BCUT2D eigenvalue weighted by Crippen LogP contribution is 2.43. The van der Waals surface area contributed by atoms with E-state index in [1.807, 2.05) is 0 Å². The second kappa shape index (κ2) is 8.65. The minimum atomic E-state index is -1.01. The lowest BCUT2D eigenvalue weighted by Crippen LogP contribution is -2.07. The predicted octanol–water partition coefficient (Wildman–Crippen LogP) is 4.10. The first-order valence-electron chi connectivity index (χ1n) is 10.4. The van der Waals surface area contributed by atoms with Crippen LogP contribution in [-0.4, -0.2) is 30.6 Å². The lowest BCUT2D eigenvalue weighted by molar-refractivity contribution is 0.282. The fourth-order valence-corrected chi connectivity index (χ4v) is 3.78. The molecular formula is C25H16F2N4O4. The highest BCUT2D eigenvalue weighted by Gasteiger charge is 2.22. The Kier molecular flexibility index (Phi) is 5.50. The number of hydrogen-bond donors (Lipinski definition) is 2. The molecule has 1 aliphatic heterocycles. The zero-order chi connectivity index (χ0) is 24.7. The number of aliphatic hydroxyl groups excluding tert-OH is 1. The molecule has 1 aromatic heterocycles. The van der Waals surface area contributed by atoms with Gasteiger partial charge >= 0.3 is 0 Å². The van der Waals surface area contributed by atoms with Gasteiger partial charge in [-0.05, 0) is 47.9 Å². The number of rotatable bonds is 4. The van der Waals surface area contributed by atoms with Crippen molar-refractivity contribution in [3.8, 4) is 28.2 Å². The Labute approximate surface area is 196 Å². The van der Waals surface area contributed by atoms with Gasteiger partial charge in [-0.3, -0.25) is 4.79 Å². The molecule has 0 radical (unpaired) electrons. The summed E-state index contributed by atoms with van der Waals surface area (Å²) in [4.78, 5) is 11.9. The largest absolute Gasteiger partial charge is 0.505 e. The van der Waals surface area contributed by atoms with Crippen LogP contribution in [0.4, 0.5) is 8.78 Å². The highest BCUT2D eigenvalue weighted by atomic mass is 19.1. The summed E-state index contributed by atoms with van der Waals surface area (Å²) in [6.45, 7) is 1.29. The molecule has 0 unspecified atom stereocenters. The number of aryl methyl sites for hydroxylation is 1. The molecule has 0 amide bonds. The minimum absolute atomic E-state index is 0.0416. The smallest absolute Gasteiger partial charge is 0.217 e. The van der Waals surface area contributed by atoms with Crippen molar-refractivity contribution in [2.45, 2.75) is 13.5 Å². The van der Waals surface area contributed by atoms with Gasteiger partial charge in [-0.1, -0.05) is 18.2 Å². The van der Waals surface area contributed by atoms with Crippen LogP contribution in [0.15, 0.2) is 51.7 Å². The van der Waals surface area contributed by atoms with Gasteiger partial charge in [0.1, 0.15) is 11.3 Å². The monoisotopic (exact) mass is 474 g/mol. The van der Waals surface area contributed by atoms with E-state index in [0.717, 1.165) is 24.3 Å². The van der Waals surface area contributed by atoms with Crippen LogP contribution >= 0.6 is 0 Å². The summed E-state index contributed by atoms with van der Waals surface area (Å²) < 4.78 is 34.4. The van der Waals surface area contributed by atoms with E-state index in [0.29, 0.717) is 28.1 Å². The van der Waals surface area contributed by atoms with E-state index in [9.17, 15) is 23.8 Å². The van der Waals surface area contributed by atoms with Crippen molar-refractivity contribution >= 4 is 23.1 Å². The maximum Gasteiger partial charge on any atom is 0.217 e. The lowest BCUT2D eigenvalue weighted by atomic mass is 9.89. The summed E-state index contributed by atoms with van der Waals surface area (Å²) in [5, 5.41) is 35.7. The average Bonchev–Trinajstić information content (AvgIpc) is 2.84. The number of aromatic nitrogens is 4. The minimum Gasteiger partial charge on any atom is -0.505 e. The van der Waals surface area contributed by atoms with Crippen LogP contribution in [0.3, 0.4) is 0 Å². The molecule has 0 bridgehead atoms. The van der Waals surface area contributed by atoms with Crippen LogP contribution in [0.1, 0.15) is 22.8 Å². The van der Waals surface area contributed by atoms with Gasteiger partial charge < -0.3 is 14.6 Å². The number of benzene rings is 3. The van der Waals surface area contributed by atoms with E-state index in [2.05, 4.69) is 20.4 Å². The molecular weight excluding hydrogens is 458 g/mol. The van der Waals surface area contributed by atoms with E-state index >= 15 is 0 Å². The number of phenols is 1. The molecule has 10 heteroatoms. The fraction of sp³-hybridized carbons (Fsp3) is 0.0800. The summed E-state index contributed by atoms with van der Waals surface area (Å²) in [6.07, 6.45) is 3.29. The maximum atomic E-state index is 14.4. The number of aliphatic hydroxyl groups is 1. The molecule has 0 saturated heterocycles. The van der Waals surface area contributed by atoms with Crippen molar-refractivity contribution in [1.29, 1.82) is 0 Å². The van der Waals surface area contributed by atoms with Gasteiger partial charge in [0.15, 0.2) is 29.0 Å². The molecule has 2 aliphatic rings. The molecule has 5 rings (SSSR count). The summed E-state index contributed by atoms with van der Waals surface area (Å²) in [7, 11) is 0. The standard InChI is InChI=1S/C25H16F2N4O4/c1-12-28-30-24(31-29-12)5-3-13-2-4-14(11-32)15(6-13)25-16-7-18(26)20(33)9-22(16)35-23-10-21(34)19(27)8-17(23)25/h2-10,32-33H,11H2,1H3/b5-3+. The Morgan fingerprint density at radius 1 is 0.943 bits per heavy atom. The summed E-state index contributed by atoms with van der Waals surface area (Å²) in [5.41, 5.74) is 1.29. The Hall–Kier alpha value is -4.57. The van der Waals surface area contributed by atoms with Gasteiger partial charge in [-0.2, -0.15) is 0 Å². The van der Waals surface area contributed by atoms with Crippen LogP contribution in [0.5, 0.6) is 5.75 Å². The summed E-state index contributed by atoms with van der Waals surface area (Å²) in [6, 6.07) is 9.26. The Morgan fingerprint density at radius 2 is 1.71 bits per heavy atom. The van der Waals surface area contributed by atoms with Gasteiger partial charge in [0, 0.05) is 28.6 Å². The molecule has 0 saturated carbocycles. The second-order valence-corrected chi connectivity index (χ2v) is 7.77. The number of phenolic OH excluding ortho intramolecular Hbond substituents is 1. The van der Waals surface area contributed by atoms with Crippen LogP contribution in [0, 0.1) is 18.6 Å². The molecule has 0 spiro atoms. The first kappa shape index (κ1) is 22.2. The third kappa shape index (κ3) is 4.11. The van der Waals surface area contributed by atoms with Gasteiger partial charge in [0.05, 0.1) is 6.61 Å². The van der Waals surface area contributed by atoms with Crippen LogP contribution in [-0.2, 0) is 6.61 Å². The molecule has 2 N–H and O–H groups in total. The molecule has 3 aromatic rings. The maximum absolute atomic E-state index is 14.4. The Balaban J connectivity index is 1.79. The molecule has 0 fully saturated rings. The number of hydrogen-bond acceptors (Lipinski definition) is 8. The zero-order valence-electron chi connectivity index (χ0n) is 18.2. The third-order valence-corrected chi connectivity index (χ3v) is 5.43. The molecule has 35 heavy (non-hydrogen) atoms. The van der Waals surface area contributed by atoms with Gasteiger partial charge in [0.2, 0.25) is 5.43 Å². The summed E-state index contributed by atoms with van der Waals surface area (Å²) in [5.74, 6) is -1.81. The molecule has 2 heterocycles. The van der Waals surface area contributed by atoms with E-state index in [1.54, 1.807) is 37.3 Å². The summed E-state index contributed by atoms with van der Waals surface area (Å²) >= 11 is 0. The average molecular weight is 474 g/mol. The first-order valence-corrected chi connectivity index (χ1v) is 10.4. The van der Waals surface area contributed by atoms with Crippen molar-refractivity contribution in [2.75, 3.05) is 0 Å². The van der Waals surface area contributed by atoms with Crippen molar-refractivity contribution in [3.05, 3.63) is 87.1 Å². The quantitative estimate of drug-likeness (QED) is 0.374. The topological polar surface area (TPSA) is 122 Å². The van der Waals surface area contributed by atoms with Crippen molar-refractivity contribution in [1.82, 2.24) is 20.4 Å². The number of halogens is 2. The number of nitrogens with zero attached hydrogens (tertiary/aromatic N) is 4. The van der Waals surface area contributed by atoms with E-state index in [4.69, 9.17) is 4.42 Å². The highest BCUT2D eigenvalue weighted by molar-refractivity contribution is 6.03. The fourth-order valence-electron chi connectivity index (χ4n) is 3.78. The van der Waals surface area contributed by atoms with Gasteiger partial charge in [-0.15, -0.1) is 20.4 Å². The Morgan fingerprint density at radius 3 is 2.46 bits per heavy atom. The van der Waals surface area contributed by atoms with Crippen LogP contribution < -0.4 is 5.43 Å². The van der Waals surface area contributed by atoms with Crippen molar-refractivity contribution < 1.29 is 23.4 Å². The van der Waals surface area contributed by atoms with Gasteiger partial charge in [0.25, 0.3) is 0 Å². The predicted molar refractivity (Wildman–Crippen MR) is 123 cm³/mol. The van der Waals surface area contributed by atoms with E-state index in [-0.39, 0.29) is 34.7 Å².